The number of furan rings is 1. The van der Waals surface area contributed by atoms with Crippen LogP contribution in [-0.4, -0.2) is 0 Å². The molecule has 16 rings (SSSR count). The fourth-order valence-electron chi connectivity index (χ4n) is 12.2. The summed E-state index contributed by atoms with van der Waals surface area (Å²) in [5, 5.41) is 17.9. The third kappa shape index (κ3) is 7.39. The Bertz CT molecular complexity index is 5140. The van der Waals surface area contributed by atoms with Gasteiger partial charge in [0.05, 0.1) is 6.85 Å². The van der Waals surface area contributed by atoms with E-state index in [-0.39, 0.29) is 29.7 Å². The van der Waals surface area contributed by atoms with E-state index in [2.05, 4.69) is 188 Å². The Morgan fingerprint density at radius 3 is 1.27 bits per heavy atom. The van der Waals surface area contributed by atoms with E-state index in [0.29, 0.717) is 5.56 Å². The van der Waals surface area contributed by atoms with Gasteiger partial charge in [0.25, 0.3) is 0 Å². The van der Waals surface area contributed by atoms with Crippen molar-refractivity contribution in [2.75, 3.05) is 0 Å². The summed E-state index contributed by atoms with van der Waals surface area (Å²) < 4.78 is 49.0. The van der Waals surface area contributed by atoms with E-state index >= 15 is 0 Å². The second kappa shape index (κ2) is 18.4. The quantitative estimate of drug-likeness (QED) is 0.157. The minimum absolute atomic E-state index is 0.207. The summed E-state index contributed by atoms with van der Waals surface area (Å²) >= 11 is 0. The summed E-state index contributed by atoms with van der Waals surface area (Å²) in [4.78, 5) is 0. The Hall–Kier alpha value is -10.1. The second-order valence-electron chi connectivity index (χ2n) is 19.8. The zero-order valence-corrected chi connectivity index (χ0v) is 41.7. The summed E-state index contributed by atoms with van der Waals surface area (Å²) in [7, 11) is 0. The van der Waals surface area contributed by atoms with Crippen LogP contribution < -0.4 is 0 Å². The van der Waals surface area contributed by atoms with Gasteiger partial charge < -0.3 is 4.42 Å². The van der Waals surface area contributed by atoms with E-state index in [4.69, 9.17) is 11.3 Å². The average Bonchev–Trinajstić information content (AvgIpc) is 3.19. The standard InChI is InChI=1S/C40H26.C36H22O/c1-2-12-31-26-32(25-22-27(31)10-1)28-20-23-30(24-21-28)39-35-15-5-7-17-37(35)40(38-18-8-6-16-36(38)39)34-19-9-13-29-11-3-4-14-33(29)34;1-2-12-24(13-3-1)33-26-15-6-8-17-28(26)34(29-18-9-7-16-27(29)33)30-19-10-20-32-35(30)31-22-21-23-11-4-5-14-25(23)36(31)37-32/h1-26H;1-22H/i;1D,2D,3D,12D,13D. The molecule has 0 N–H and O–H groups in total. The number of benzene rings is 15. The maximum atomic E-state index is 8.80. The summed E-state index contributed by atoms with van der Waals surface area (Å²) in [6.45, 7) is 0. The third-order valence-electron chi connectivity index (χ3n) is 15.6. The molecule has 1 nitrogen and oxygen atoms in total. The van der Waals surface area contributed by atoms with Crippen molar-refractivity contribution in [2.24, 2.45) is 0 Å². The molecule has 0 aliphatic heterocycles. The van der Waals surface area contributed by atoms with Gasteiger partial charge in [0.15, 0.2) is 0 Å². The van der Waals surface area contributed by atoms with Crippen LogP contribution in [0.25, 0.3) is 153 Å². The van der Waals surface area contributed by atoms with Crippen molar-refractivity contribution < 1.29 is 11.3 Å². The summed E-state index contributed by atoms with van der Waals surface area (Å²) in [6, 6.07) is 90.5. The molecule has 1 heterocycles. The third-order valence-corrected chi connectivity index (χ3v) is 15.6. The van der Waals surface area contributed by atoms with Gasteiger partial charge in [-0.25, -0.2) is 0 Å². The predicted molar refractivity (Wildman–Crippen MR) is 330 cm³/mol. The minimum atomic E-state index is -0.398. The maximum absolute atomic E-state index is 8.80. The molecule has 0 spiro atoms. The molecule has 77 heavy (non-hydrogen) atoms. The van der Waals surface area contributed by atoms with Crippen LogP contribution in [0, 0.1) is 0 Å². The van der Waals surface area contributed by atoms with Crippen LogP contribution in [0.15, 0.2) is 295 Å². The van der Waals surface area contributed by atoms with Crippen LogP contribution >= 0.6 is 0 Å². The van der Waals surface area contributed by atoms with Crippen molar-refractivity contribution in [3.63, 3.8) is 0 Å². The second-order valence-corrected chi connectivity index (χ2v) is 19.8. The fourth-order valence-corrected chi connectivity index (χ4v) is 12.2. The Morgan fingerprint density at radius 2 is 0.662 bits per heavy atom. The van der Waals surface area contributed by atoms with Gasteiger partial charge in [-0.3, -0.25) is 0 Å². The fraction of sp³-hybridized carbons (Fsp3) is 0. The zero-order valence-electron chi connectivity index (χ0n) is 46.7. The van der Waals surface area contributed by atoms with Crippen LogP contribution in [0.5, 0.6) is 0 Å². The largest absolute Gasteiger partial charge is 0.455 e. The van der Waals surface area contributed by atoms with Crippen molar-refractivity contribution in [3.8, 4) is 55.6 Å². The molecule has 16 aromatic rings. The van der Waals surface area contributed by atoms with E-state index < -0.39 is 6.04 Å². The molecule has 0 radical (unpaired) electrons. The van der Waals surface area contributed by atoms with Gasteiger partial charge in [-0.15, -0.1) is 0 Å². The molecule has 0 atom stereocenters. The minimum Gasteiger partial charge on any atom is -0.455 e. The monoisotopic (exact) mass is 981 g/mol. The number of fused-ring (bicyclic) bond motifs is 11. The number of hydrogen-bond acceptors (Lipinski definition) is 1. The topological polar surface area (TPSA) is 13.1 Å². The summed E-state index contributed by atoms with van der Waals surface area (Å²) in [5.41, 5.74) is 12.1. The molecular formula is C76H48O. The molecule has 0 bridgehead atoms. The average molecular weight is 982 g/mol. The number of hydrogen-bond donors (Lipinski definition) is 0. The lowest BCUT2D eigenvalue weighted by Gasteiger charge is -2.19. The molecule has 358 valence electrons. The van der Waals surface area contributed by atoms with Crippen LogP contribution in [0.3, 0.4) is 0 Å². The summed E-state index contributed by atoms with van der Waals surface area (Å²) in [6.07, 6.45) is 0. The highest BCUT2D eigenvalue weighted by Gasteiger charge is 2.22. The Labute approximate surface area is 453 Å². The molecular weight excluding hydrogens is 929 g/mol. The first-order valence-corrected chi connectivity index (χ1v) is 26.2. The maximum Gasteiger partial charge on any atom is 0.143 e. The first-order chi connectivity index (χ1) is 40.3. The lowest BCUT2D eigenvalue weighted by Crippen LogP contribution is -1.91. The molecule has 1 heteroatoms. The van der Waals surface area contributed by atoms with Gasteiger partial charge >= 0.3 is 0 Å². The molecule has 0 saturated carbocycles. The lowest BCUT2D eigenvalue weighted by atomic mass is 9.84. The predicted octanol–water partition coefficient (Wildman–Crippen LogP) is 21.7. The van der Waals surface area contributed by atoms with E-state index in [0.717, 1.165) is 65.4 Å². The highest BCUT2D eigenvalue weighted by molar-refractivity contribution is 6.27. The van der Waals surface area contributed by atoms with Crippen molar-refractivity contribution in [3.05, 3.63) is 291 Å². The van der Waals surface area contributed by atoms with E-state index in [9.17, 15) is 0 Å². The highest BCUT2D eigenvalue weighted by atomic mass is 16.3. The summed E-state index contributed by atoms with van der Waals surface area (Å²) in [5.74, 6) is 0. The lowest BCUT2D eigenvalue weighted by molar-refractivity contribution is 0.673. The Balaban J connectivity index is 0.000000141. The van der Waals surface area contributed by atoms with Crippen molar-refractivity contribution in [2.45, 2.75) is 0 Å². The van der Waals surface area contributed by atoms with Gasteiger partial charge in [-0.05, 0) is 144 Å². The van der Waals surface area contributed by atoms with Gasteiger partial charge in [-0.2, -0.15) is 0 Å². The van der Waals surface area contributed by atoms with E-state index in [1.165, 1.54) is 76.5 Å². The first-order valence-electron chi connectivity index (χ1n) is 28.7. The van der Waals surface area contributed by atoms with Crippen molar-refractivity contribution >= 4 is 97.3 Å². The highest BCUT2D eigenvalue weighted by Crippen LogP contribution is 2.49. The van der Waals surface area contributed by atoms with Gasteiger partial charge in [0, 0.05) is 16.2 Å². The molecule has 0 fully saturated rings. The first kappa shape index (κ1) is 39.4. The van der Waals surface area contributed by atoms with Crippen molar-refractivity contribution in [1.29, 1.82) is 0 Å². The van der Waals surface area contributed by atoms with E-state index in [1.807, 2.05) is 72.8 Å². The Kier molecular flexibility index (Phi) is 9.41. The molecule has 0 aliphatic carbocycles. The van der Waals surface area contributed by atoms with Crippen LogP contribution in [-0.2, 0) is 0 Å². The zero-order chi connectivity index (χ0) is 55.2. The van der Waals surface area contributed by atoms with Gasteiger partial charge in [0.1, 0.15) is 11.2 Å². The van der Waals surface area contributed by atoms with Gasteiger partial charge in [0.2, 0.25) is 0 Å². The Morgan fingerprint density at radius 1 is 0.247 bits per heavy atom. The molecule has 1 aromatic heterocycles. The van der Waals surface area contributed by atoms with Gasteiger partial charge in [-0.1, -0.05) is 273 Å². The normalized spacial score (nSPS) is 12.5. The van der Waals surface area contributed by atoms with Crippen molar-refractivity contribution in [1.82, 2.24) is 0 Å². The molecule has 0 saturated heterocycles. The SMILES string of the molecule is [2H]c1c([2H])c([2H])c(-c2c3ccccc3c(-c3cccc4oc5c6ccccc6ccc5c34)c3ccccc23)c([2H])c1[2H].c1ccc2cc(-c3ccc(-c4c5ccccc5c(-c5cccc6ccccc56)c5ccccc45)cc3)ccc2c1. The smallest absolute Gasteiger partial charge is 0.143 e. The molecule has 15 aromatic carbocycles. The van der Waals surface area contributed by atoms with Crippen LogP contribution in [0.4, 0.5) is 0 Å². The number of rotatable bonds is 5. The molecule has 0 aliphatic rings. The molecule has 0 unspecified atom stereocenters. The van der Waals surface area contributed by atoms with E-state index in [1.54, 1.807) is 0 Å². The van der Waals surface area contributed by atoms with Crippen LogP contribution in [0.2, 0.25) is 0 Å². The molecule has 0 amide bonds. The van der Waals surface area contributed by atoms with Crippen LogP contribution in [0.1, 0.15) is 6.85 Å².